The van der Waals surface area contributed by atoms with E-state index in [9.17, 15) is 14.5 Å². The van der Waals surface area contributed by atoms with E-state index in [4.69, 9.17) is 5.21 Å². The van der Waals surface area contributed by atoms with E-state index in [0.717, 1.165) is 0 Å². The summed E-state index contributed by atoms with van der Waals surface area (Å²) in [5, 5.41) is 23.0. The van der Waals surface area contributed by atoms with Crippen molar-refractivity contribution in [2.24, 2.45) is 5.16 Å². The highest BCUT2D eigenvalue weighted by Gasteiger charge is 2.17. The van der Waals surface area contributed by atoms with Gasteiger partial charge in [-0.15, -0.1) is 0 Å². The molecule has 0 unspecified atom stereocenters. The van der Waals surface area contributed by atoms with Crippen LogP contribution in [-0.4, -0.2) is 15.8 Å². The van der Waals surface area contributed by atoms with Gasteiger partial charge in [0.15, 0.2) is 0 Å². The maximum Gasteiger partial charge on any atom is 0.272 e. The van der Waals surface area contributed by atoms with Crippen LogP contribution < -0.4 is 0 Å². The van der Waals surface area contributed by atoms with Gasteiger partial charge in [-0.1, -0.05) is 41.6 Å². The number of halogens is 1. The molecule has 20 heavy (non-hydrogen) atoms. The van der Waals surface area contributed by atoms with Crippen molar-refractivity contribution in [1.82, 2.24) is 0 Å². The van der Waals surface area contributed by atoms with E-state index in [1.807, 2.05) is 0 Å². The van der Waals surface area contributed by atoms with Crippen molar-refractivity contribution >= 4 is 11.4 Å². The number of nitro benzene ring substituents is 1. The standard InChI is InChI=1S/C14H11FN2O3/c15-12-7-3-2-6-11(12)13(16-18)9-10-5-1-4-8-14(10)17(19)20/h1-8,18H,9H2. The summed E-state index contributed by atoms with van der Waals surface area (Å²) >= 11 is 0. The Balaban J connectivity index is 2.38. The topological polar surface area (TPSA) is 75.7 Å². The summed E-state index contributed by atoms with van der Waals surface area (Å²) in [4.78, 5) is 10.4. The van der Waals surface area contributed by atoms with Crippen LogP contribution in [0.3, 0.4) is 0 Å². The number of rotatable bonds is 4. The molecule has 2 aromatic carbocycles. The van der Waals surface area contributed by atoms with Crippen molar-refractivity contribution in [2.45, 2.75) is 6.42 Å². The van der Waals surface area contributed by atoms with E-state index in [1.54, 1.807) is 24.3 Å². The summed E-state index contributed by atoms with van der Waals surface area (Å²) in [5.41, 5.74) is 0.420. The molecule has 0 spiro atoms. The molecule has 2 aromatic rings. The van der Waals surface area contributed by atoms with Crippen LogP contribution in [0.2, 0.25) is 0 Å². The molecule has 1 N–H and O–H groups in total. The normalized spacial score (nSPS) is 11.3. The average molecular weight is 274 g/mol. The summed E-state index contributed by atoms with van der Waals surface area (Å²) < 4.78 is 13.7. The first-order chi connectivity index (χ1) is 9.63. The number of para-hydroxylation sites is 1. The number of benzene rings is 2. The Morgan fingerprint density at radius 1 is 1.20 bits per heavy atom. The third kappa shape index (κ3) is 2.80. The number of hydrogen-bond acceptors (Lipinski definition) is 4. The van der Waals surface area contributed by atoms with E-state index in [1.165, 1.54) is 24.3 Å². The fourth-order valence-corrected chi connectivity index (χ4v) is 1.90. The zero-order valence-electron chi connectivity index (χ0n) is 10.4. The molecule has 0 aromatic heterocycles. The molecule has 0 radical (unpaired) electrons. The van der Waals surface area contributed by atoms with Crippen LogP contribution in [0.25, 0.3) is 0 Å². The number of oxime groups is 1. The molecule has 0 bridgehead atoms. The monoisotopic (exact) mass is 274 g/mol. The van der Waals surface area contributed by atoms with Gasteiger partial charge in [0.05, 0.1) is 10.6 Å². The molecule has 0 aliphatic heterocycles. The third-order valence-electron chi connectivity index (χ3n) is 2.85. The minimum absolute atomic E-state index is 0.0331. The highest BCUT2D eigenvalue weighted by atomic mass is 19.1. The van der Waals surface area contributed by atoms with Crippen LogP contribution in [0.5, 0.6) is 0 Å². The molecule has 0 saturated heterocycles. The molecule has 0 heterocycles. The van der Waals surface area contributed by atoms with Gasteiger partial charge in [0.1, 0.15) is 5.82 Å². The second-order valence-electron chi connectivity index (χ2n) is 4.09. The second-order valence-corrected chi connectivity index (χ2v) is 4.09. The van der Waals surface area contributed by atoms with Gasteiger partial charge < -0.3 is 5.21 Å². The van der Waals surface area contributed by atoms with Crippen molar-refractivity contribution in [3.63, 3.8) is 0 Å². The Kier molecular flexibility index (Phi) is 4.05. The van der Waals surface area contributed by atoms with E-state index in [2.05, 4.69) is 5.16 Å². The van der Waals surface area contributed by atoms with Crippen molar-refractivity contribution in [2.75, 3.05) is 0 Å². The minimum atomic E-state index is -0.543. The van der Waals surface area contributed by atoms with Crippen LogP contribution in [0.15, 0.2) is 53.7 Å². The van der Waals surface area contributed by atoms with Crippen LogP contribution >= 0.6 is 0 Å². The zero-order valence-corrected chi connectivity index (χ0v) is 10.4. The minimum Gasteiger partial charge on any atom is -0.411 e. The number of nitrogens with zero attached hydrogens (tertiary/aromatic N) is 2. The fourth-order valence-electron chi connectivity index (χ4n) is 1.90. The van der Waals surface area contributed by atoms with Gasteiger partial charge in [-0.05, 0) is 6.07 Å². The molecule has 102 valence electrons. The van der Waals surface area contributed by atoms with Gasteiger partial charge in [0.2, 0.25) is 0 Å². The Hall–Kier alpha value is -2.76. The SMILES string of the molecule is O=[N+]([O-])c1ccccc1CC(=NO)c1ccccc1F. The number of hydrogen-bond donors (Lipinski definition) is 1. The smallest absolute Gasteiger partial charge is 0.272 e. The van der Waals surface area contributed by atoms with Crippen LogP contribution in [0, 0.1) is 15.9 Å². The van der Waals surface area contributed by atoms with Gasteiger partial charge in [0.25, 0.3) is 5.69 Å². The van der Waals surface area contributed by atoms with Crippen LogP contribution in [-0.2, 0) is 6.42 Å². The molecule has 0 fully saturated rings. The highest BCUT2D eigenvalue weighted by molar-refractivity contribution is 6.02. The lowest BCUT2D eigenvalue weighted by Crippen LogP contribution is -2.09. The zero-order chi connectivity index (χ0) is 14.5. The summed E-state index contributed by atoms with van der Waals surface area (Å²) in [5.74, 6) is -0.543. The lowest BCUT2D eigenvalue weighted by atomic mass is 10.0. The molecular formula is C14H11FN2O3. The van der Waals surface area contributed by atoms with Crippen molar-refractivity contribution in [1.29, 1.82) is 0 Å². The molecule has 0 aliphatic carbocycles. The quantitative estimate of drug-likeness (QED) is 0.402. The fraction of sp³-hybridized carbons (Fsp3) is 0.0714. The first-order valence-electron chi connectivity index (χ1n) is 5.81. The maximum atomic E-state index is 13.7. The van der Waals surface area contributed by atoms with Gasteiger partial charge in [-0.3, -0.25) is 10.1 Å². The molecule has 0 aliphatic rings. The van der Waals surface area contributed by atoms with Crippen LogP contribution in [0.4, 0.5) is 10.1 Å². The van der Waals surface area contributed by atoms with Gasteiger partial charge in [-0.2, -0.15) is 0 Å². The lowest BCUT2D eigenvalue weighted by molar-refractivity contribution is -0.385. The first kappa shape index (κ1) is 13.7. The Bertz CT molecular complexity index is 671. The summed E-state index contributed by atoms with van der Waals surface area (Å²) in [6.45, 7) is 0. The third-order valence-corrected chi connectivity index (χ3v) is 2.85. The van der Waals surface area contributed by atoms with Gasteiger partial charge >= 0.3 is 0 Å². The summed E-state index contributed by atoms with van der Waals surface area (Å²) in [6.07, 6.45) is -0.0331. The summed E-state index contributed by atoms with van der Waals surface area (Å²) in [6, 6.07) is 11.9. The predicted octanol–water partition coefficient (Wildman–Crippen LogP) is 3.15. The highest BCUT2D eigenvalue weighted by Crippen LogP contribution is 2.20. The number of nitro groups is 1. The van der Waals surface area contributed by atoms with Crippen molar-refractivity contribution in [3.05, 3.63) is 75.6 Å². The molecule has 0 saturated carbocycles. The summed E-state index contributed by atoms with van der Waals surface area (Å²) in [7, 11) is 0. The maximum absolute atomic E-state index is 13.7. The van der Waals surface area contributed by atoms with E-state index >= 15 is 0 Å². The molecule has 0 amide bonds. The Morgan fingerprint density at radius 3 is 2.50 bits per heavy atom. The molecular weight excluding hydrogens is 263 g/mol. The second kappa shape index (κ2) is 5.92. The molecule has 2 rings (SSSR count). The first-order valence-corrected chi connectivity index (χ1v) is 5.81. The molecule has 5 nitrogen and oxygen atoms in total. The molecule has 0 atom stereocenters. The van der Waals surface area contributed by atoms with Crippen LogP contribution in [0.1, 0.15) is 11.1 Å². The Labute approximate surface area is 114 Å². The van der Waals surface area contributed by atoms with E-state index in [0.29, 0.717) is 5.56 Å². The lowest BCUT2D eigenvalue weighted by Gasteiger charge is -2.06. The van der Waals surface area contributed by atoms with E-state index < -0.39 is 10.7 Å². The van der Waals surface area contributed by atoms with Crippen molar-refractivity contribution < 1.29 is 14.5 Å². The Morgan fingerprint density at radius 2 is 1.85 bits per heavy atom. The average Bonchev–Trinajstić information content (AvgIpc) is 2.46. The molecule has 6 heteroatoms. The largest absolute Gasteiger partial charge is 0.411 e. The van der Waals surface area contributed by atoms with Crippen molar-refractivity contribution in [3.8, 4) is 0 Å². The van der Waals surface area contributed by atoms with E-state index in [-0.39, 0.29) is 23.4 Å². The van der Waals surface area contributed by atoms with Gasteiger partial charge in [0, 0.05) is 23.6 Å². The van der Waals surface area contributed by atoms with Gasteiger partial charge in [-0.25, -0.2) is 4.39 Å². The predicted molar refractivity (Wildman–Crippen MR) is 71.5 cm³/mol.